The molecule has 0 aliphatic carbocycles. The minimum atomic E-state index is 0.593. The topological polar surface area (TPSA) is 45.7 Å². The summed E-state index contributed by atoms with van der Waals surface area (Å²) in [6, 6.07) is 20.0. The van der Waals surface area contributed by atoms with E-state index in [4.69, 9.17) is 4.74 Å². The van der Waals surface area contributed by atoms with Gasteiger partial charge in [0.25, 0.3) is 0 Å². The molecule has 0 heterocycles. The highest BCUT2D eigenvalue weighted by Crippen LogP contribution is 2.07. The molecule has 0 saturated carbocycles. The fourth-order valence-electron chi connectivity index (χ4n) is 1.86. The van der Waals surface area contributed by atoms with E-state index in [1.807, 2.05) is 48.5 Å². The molecule has 0 fully saturated rings. The van der Waals surface area contributed by atoms with E-state index in [9.17, 15) is 0 Å². The van der Waals surface area contributed by atoms with Gasteiger partial charge in [-0.2, -0.15) is 0 Å². The molecule has 110 valence electrons. The molecule has 0 aliphatic heterocycles. The first-order valence-electron chi connectivity index (χ1n) is 7.05. The van der Waals surface area contributed by atoms with Crippen LogP contribution in [0, 0.1) is 0 Å². The molecule has 0 radical (unpaired) electrons. The van der Waals surface area contributed by atoms with Crippen molar-refractivity contribution in [3.63, 3.8) is 0 Å². The number of para-hydroxylation sites is 1. The summed E-state index contributed by atoms with van der Waals surface area (Å²) in [6.45, 7) is 2.04. The van der Waals surface area contributed by atoms with Crippen LogP contribution >= 0.6 is 0 Å². The van der Waals surface area contributed by atoms with Crippen LogP contribution in [-0.2, 0) is 6.54 Å². The van der Waals surface area contributed by atoms with Crippen molar-refractivity contribution in [1.29, 1.82) is 0 Å². The average molecular weight is 283 g/mol. The second-order valence-electron chi connectivity index (χ2n) is 4.50. The lowest BCUT2D eigenvalue weighted by Crippen LogP contribution is -2.38. The van der Waals surface area contributed by atoms with Crippen LogP contribution in [0.5, 0.6) is 5.75 Å². The third-order valence-electron chi connectivity index (χ3n) is 2.93. The van der Waals surface area contributed by atoms with E-state index >= 15 is 0 Å². The summed E-state index contributed by atoms with van der Waals surface area (Å²) in [6.07, 6.45) is 0. The van der Waals surface area contributed by atoms with Gasteiger partial charge in [0.15, 0.2) is 5.96 Å². The van der Waals surface area contributed by atoms with E-state index in [1.54, 1.807) is 7.05 Å². The predicted molar refractivity (Wildman–Crippen MR) is 86.6 cm³/mol. The normalized spacial score (nSPS) is 11.0. The number of aliphatic imine (C=N–C) groups is 1. The van der Waals surface area contributed by atoms with Crippen LogP contribution in [0.15, 0.2) is 65.7 Å². The lowest BCUT2D eigenvalue weighted by molar-refractivity contribution is 0.322. The zero-order valence-corrected chi connectivity index (χ0v) is 12.3. The minimum absolute atomic E-state index is 0.593. The summed E-state index contributed by atoms with van der Waals surface area (Å²) in [5.74, 6) is 1.65. The fourth-order valence-corrected chi connectivity index (χ4v) is 1.86. The maximum absolute atomic E-state index is 5.62. The first-order chi connectivity index (χ1) is 10.4. The highest BCUT2D eigenvalue weighted by molar-refractivity contribution is 5.79. The van der Waals surface area contributed by atoms with Crippen molar-refractivity contribution in [1.82, 2.24) is 10.6 Å². The standard InChI is InChI=1S/C17H21N3O/c1-18-17(20-14-15-8-4-2-5-9-15)19-12-13-21-16-10-6-3-7-11-16/h2-11H,12-14H2,1H3,(H2,18,19,20). The number of benzene rings is 2. The molecule has 0 bridgehead atoms. The Balaban J connectivity index is 1.66. The first kappa shape index (κ1) is 14.9. The van der Waals surface area contributed by atoms with Gasteiger partial charge in [0.2, 0.25) is 0 Å². The Bertz CT molecular complexity index is 540. The van der Waals surface area contributed by atoms with Crippen molar-refractivity contribution in [3.05, 3.63) is 66.2 Å². The van der Waals surface area contributed by atoms with Crippen LogP contribution in [0.3, 0.4) is 0 Å². The summed E-state index contributed by atoms with van der Waals surface area (Å²) in [4.78, 5) is 4.19. The van der Waals surface area contributed by atoms with Crippen LogP contribution in [0.2, 0.25) is 0 Å². The monoisotopic (exact) mass is 283 g/mol. The second-order valence-corrected chi connectivity index (χ2v) is 4.50. The Morgan fingerprint density at radius 1 is 0.952 bits per heavy atom. The largest absolute Gasteiger partial charge is 0.492 e. The van der Waals surface area contributed by atoms with Crippen molar-refractivity contribution < 1.29 is 4.74 Å². The lowest BCUT2D eigenvalue weighted by atomic mass is 10.2. The Morgan fingerprint density at radius 3 is 2.29 bits per heavy atom. The second kappa shape index (κ2) is 8.64. The fraction of sp³-hybridized carbons (Fsp3) is 0.235. The molecule has 0 spiro atoms. The van der Waals surface area contributed by atoms with Gasteiger partial charge in [-0.1, -0.05) is 48.5 Å². The summed E-state index contributed by atoms with van der Waals surface area (Å²) >= 11 is 0. The van der Waals surface area contributed by atoms with Gasteiger partial charge in [-0.05, 0) is 17.7 Å². The molecular formula is C17H21N3O. The van der Waals surface area contributed by atoms with Gasteiger partial charge in [0.05, 0.1) is 6.54 Å². The van der Waals surface area contributed by atoms with Gasteiger partial charge in [0, 0.05) is 13.6 Å². The van der Waals surface area contributed by atoms with Gasteiger partial charge < -0.3 is 15.4 Å². The van der Waals surface area contributed by atoms with Gasteiger partial charge in [-0.25, -0.2) is 0 Å². The zero-order chi connectivity index (χ0) is 14.8. The maximum atomic E-state index is 5.62. The third kappa shape index (κ3) is 5.57. The Hall–Kier alpha value is -2.49. The number of ether oxygens (including phenoxy) is 1. The highest BCUT2D eigenvalue weighted by Gasteiger charge is 1.98. The summed E-state index contributed by atoms with van der Waals surface area (Å²) in [7, 11) is 1.76. The third-order valence-corrected chi connectivity index (χ3v) is 2.93. The average Bonchev–Trinajstić information content (AvgIpc) is 2.56. The molecule has 0 amide bonds. The van der Waals surface area contributed by atoms with Gasteiger partial charge in [-0.3, -0.25) is 4.99 Å². The summed E-state index contributed by atoms with van der Waals surface area (Å²) in [5.41, 5.74) is 1.22. The molecule has 0 unspecified atom stereocenters. The number of nitrogens with zero attached hydrogens (tertiary/aromatic N) is 1. The summed E-state index contributed by atoms with van der Waals surface area (Å²) in [5, 5.41) is 6.49. The van der Waals surface area contributed by atoms with Crippen molar-refractivity contribution in [2.75, 3.05) is 20.2 Å². The number of guanidine groups is 1. The van der Waals surface area contributed by atoms with Crippen LogP contribution in [0.25, 0.3) is 0 Å². The molecule has 0 aromatic heterocycles. The van der Waals surface area contributed by atoms with Crippen molar-refractivity contribution >= 4 is 5.96 Å². The van der Waals surface area contributed by atoms with E-state index in [2.05, 4.69) is 27.8 Å². The van der Waals surface area contributed by atoms with Gasteiger partial charge >= 0.3 is 0 Å². The molecule has 0 saturated heterocycles. The van der Waals surface area contributed by atoms with Crippen LogP contribution in [-0.4, -0.2) is 26.2 Å². The van der Waals surface area contributed by atoms with Crippen LogP contribution < -0.4 is 15.4 Å². The van der Waals surface area contributed by atoms with Crippen molar-refractivity contribution in [3.8, 4) is 5.75 Å². The molecule has 2 aromatic carbocycles. The SMILES string of the molecule is CN=C(NCCOc1ccccc1)NCc1ccccc1. The maximum Gasteiger partial charge on any atom is 0.191 e. The lowest BCUT2D eigenvalue weighted by Gasteiger charge is -2.12. The molecule has 0 aliphatic rings. The molecule has 2 aromatic rings. The molecule has 2 rings (SSSR count). The highest BCUT2D eigenvalue weighted by atomic mass is 16.5. The zero-order valence-electron chi connectivity index (χ0n) is 12.3. The Morgan fingerprint density at radius 2 is 1.62 bits per heavy atom. The predicted octanol–water partition coefficient (Wildman–Crippen LogP) is 2.43. The number of rotatable bonds is 6. The van der Waals surface area contributed by atoms with E-state index in [1.165, 1.54) is 5.56 Å². The van der Waals surface area contributed by atoms with Crippen LogP contribution in [0.1, 0.15) is 5.56 Å². The molecule has 4 nitrogen and oxygen atoms in total. The number of hydrogen-bond donors (Lipinski definition) is 2. The number of nitrogens with one attached hydrogen (secondary N) is 2. The first-order valence-corrected chi connectivity index (χ1v) is 7.05. The van der Waals surface area contributed by atoms with Gasteiger partial charge in [-0.15, -0.1) is 0 Å². The van der Waals surface area contributed by atoms with E-state index in [-0.39, 0.29) is 0 Å². The molecule has 4 heteroatoms. The van der Waals surface area contributed by atoms with E-state index in [0.717, 1.165) is 18.3 Å². The number of hydrogen-bond acceptors (Lipinski definition) is 2. The molecular weight excluding hydrogens is 262 g/mol. The Kier molecular flexibility index (Phi) is 6.13. The van der Waals surface area contributed by atoms with E-state index < -0.39 is 0 Å². The van der Waals surface area contributed by atoms with Crippen molar-refractivity contribution in [2.45, 2.75) is 6.54 Å². The van der Waals surface area contributed by atoms with E-state index in [0.29, 0.717) is 13.2 Å². The Labute approximate surface area is 125 Å². The minimum Gasteiger partial charge on any atom is -0.492 e. The smallest absolute Gasteiger partial charge is 0.191 e. The molecule has 2 N–H and O–H groups in total. The quantitative estimate of drug-likeness (QED) is 0.486. The summed E-state index contributed by atoms with van der Waals surface area (Å²) < 4.78 is 5.62. The van der Waals surface area contributed by atoms with Crippen molar-refractivity contribution in [2.24, 2.45) is 4.99 Å². The van der Waals surface area contributed by atoms with Crippen LogP contribution in [0.4, 0.5) is 0 Å². The van der Waals surface area contributed by atoms with Gasteiger partial charge in [0.1, 0.15) is 12.4 Å². The molecule has 0 atom stereocenters. The molecule has 21 heavy (non-hydrogen) atoms.